The van der Waals surface area contributed by atoms with Gasteiger partial charge in [0.25, 0.3) is 5.91 Å². The lowest BCUT2D eigenvalue weighted by Gasteiger charge is -2.13. The summed E-state index contributed by atoms with van der Waals surface area (Å²) >= 11 is 0. The van der Waals surface area contributed by atoms with Gasteiger partial charge in [0.1, 0.15) is 6.33 Å². The van der Waals surface area contributed by atoms with Crippen LogP contribution in [0.25, 0.3) is 5.69 Å². The fourth-order valence-electron chi connectivity index (χ4n) is 1.92. The molecule has 1 N–H and O–H groups in total. The largest absolute Gasteiger partial charge is 0.383 e. The van der Waals surface area contributed by atoms with Crippen LogP contribution in [-0.2, 0) is 4.74 Å². The molecule has 1 aromatic heterocycles. The highest BCUT2D eigenvalue weighted by molar-refractivity contribution is 5.94. The molecule has 0 fully saturated rings. The number of amides is 1. The van der Waals surface area contributed by atoms with Crippen molar-refractivity contribution in [3.63, 3.8) is 0 Å². The molecule has 106 valence electrons. The lowest BCUT2D eigenvalue weighted by Crippen LogP contribution is -2.35. The lowest BCUT2D eigenvalue weighted by molar-refractivity contribution is 0.0905. The van der Waals surface area contributed by atoms with Gasteiger partial charge in [-0.25, -0.2) is 4.68 Å². The van der Waals surface area contributed by atoms with Crippen LogP contribution in [-0.4, -0.2) is 45.9 Å². The predicted octanol–water partition coefficient (Wildman–Crippen LogP) is 0.735. The smallest absolute Gasteiger partial charge is 0.251 e. The number of carbonyl (C=O) groups excluding carboxylic acids is 1. The Bertz CT molecular complexity index is 582. The van der Waals surface area contributed by atoms with Crippen LogP contribution in [0.2, 0.25) is 0 Å². The van der Waals surface area contributed by atoms with Crippen molar-refractivity contribution >= 4 is 5.91 Å². The van der Waals surface area contributed by atoms with Gasteiger partial charge in [-0.3, -0.25) is 4.79 Å². The number of ether oxygens (including phenoxy) is 1. The molecule has 7 nitrogen and oxygen atoms in total. The van der Waals surface area contributed by atoms with E-state index in [2.05, 4.69) is 20.8 Å². The van der Waals surface area contributed by atoms with Gasteiger partial charge in [0, 0.05) is 18.7 Å². The Kier molecular flexibility index (Phi) is 4.41. The van der Waals surface area contributed by atoms with Crippen LogP contribution in [0.15, 0.2) is 24.5 Å². The molecule has 7 heteroatoms. The van der Waals surface area contributed by atoms with Crippen molar-refractivity contribution in [3.8, 4) is 5.69 Å². The van der Waals surface area contributed by atoms with Gasteiger partial charge in [-0.15, -0.1) is 5.10 Å². The van der Waals surface area contributed by atoms with Crippen molar-refractivity contribution in [3.05, 3.63) is 35.7 Å². The molecule has 1 atom stereocenters. The maximum atomic E-state index is 12.1. The van der Waals surface area contributed by atoms with Crippen LogP contribution in [0.1, 0.15) is 22.8 Å². The van der Waals surface area contributed by atoms with Crippen LogP contribution >= 0.6 is 0 Å². The number of aryl methyl sites for hydroxylation is 1. The van der Waals surface area contributed by atoms with E-state index in [0.717, 1.165) is 11.3 Å². The molecule has 0 bridgehead atoms. The molecule has 0 saturated carbocycles. The first-order chi connectivity index (χ1) is 9.61. The van der Waals surface area contributed by atoms with Crippen LogP contribution in [0.5, 0.6) is 0 Å². The first-order valence-corrected chi connectivity index (χ1v) is 6.25. The molecule has 0 saturated heterocycles. The van der Waals surface area contributed by atoms with Gasteiger partial charge in [0.15, 0.2) is 0 Å². The monoisotopic (exact) mass is 275 g/mol. The Balaban J connectivity index is 2.15. The van der Waals surface area contributed by atoms with Crippen molar-refractivity contribution < 1.29 is 9.53 Å². The first kappa shape index (κ1) is 14.1. The number of nitrogens with one attached hydrogen (secondary N) is 1. The van der Waals surface area contributed by atoms with Crippen molar-refractivity contribution in [1.82, 2.24) is 25.5 Å². The van der Waals surface area contributed by atoms with E-state index >= 15 is 0 Å². The fourth-order valence-corrected chi connectivity index (χ4v) is 1.92. The molecule has 0 spiro atoms. The van der Waals surface area contributed by atoms with E-state index in [1.807, 2.05) is 26.0 Å². The second-order valence-corrected chi connectivity index (χ2v) is 4.59. The first-order valence-electron chi connectivity index (χ1n) is 6.25. The molecule has 0 aliphatic carbocycles. The average Bonchev–Trinajstić information content (AvgIpc) is 2.92. The van der Waals surface area contributed by atoms with E-state index in [4.69, 9.17) is 4.74 Å². The normalized spacial score (nSPS) is 12.2. The number of benzene rings is 1. The van der Waals surface area contributed by atoms with Crippen molar-refractivity contribution in [1.29, 1.82) is 0 Å². The third-order valence-corrected chi connectivity index (χ3v) is 2.85. The summed E-state index contributed by atoms with van der Waals surface area (Å²) in [5, 5.41) is 13.9. The van der Waals surface area contributed by atoms with E-state index in [0.29, 0.717) is 12.2 Å². The number of nitrogens with zero attached hydrogens (tertiary/aromatic N) is 4. The quantitative estimate of drug-likeness (QED) is 0.870. The number of methoxy groups -OCH3 is 1. The minimum atomic E-state index is -0.124. The second kappa shape index (κ2) is 6.25. The van der Waals surface area contributed by atoms with Gasteiger partial charge in [0.2, 0.25) is 0 Å². The molecule has 1 aromatic carbocycles. The molecule has 0 aliphatic heterocycles. The lowest BCUT2D eigenvalue weighted by atomic mass is 10.1. The van der Waals surface area contributed by atoms with Crippen molar-refractivity contribution in [2.24, 2.45) is 0 Å². The van der Waals surface area contributed by atoms with E-state index in [9.17, 15) is 4.79 Å². The minimum absolute atomic E-state index is 0.0352. The highest BCUT2D eigenvalue weighted by atomic mass is 16.5. The maximum absolute atomic E-state index is 12.1. The highest BCUT2D eigenvalue weighted by Crippen LogP contribution is 2.14. The molecular weight excluding hydrogens is 258 g/mol. The predicted molar refractivity (Wildman–Crippen MR) is 72.7 cm³/mol. The third kappa shape index (κ3) is 3.18. The summed E-state index contributed by atoms with van der Waals surface area (Å²) in [5.74, 6) is -0.124. The number of tetrazole rings is 1. The average molecular weight is 275 g/mol. The number of rotatable bonds is 5. The summed E-state index contributed by atoms with van der Waals surface area (Å²) in [6.45, 7) is 4.28. The Morgan fingerprint density at radius 2 is 2.30 bits per heavy atom. The second-order valence-electron chi connectivity index (χ2n) is 4.59. The SMILES string of the molecule is COC[C@@H](C)NC(=O)c1ccc(-n2cnnn2)c(C)c1. The van der Waals surface area contributed by atoms with Gasteiger partial charge in [0.05, 0.1) is 12.3 Å². The minimum Gasteiger partial charge on any atom is -0.383 e. The van der Waals surface area contributed by atoms with E-state index in [1.165, 1.54) is 6.33 Å². The Hall–Kier alpha value is -2.28. The summed E-state index contributed by atoms with van der Waals surface area (Å²) < 4.78 is 6.55. The fraction of sp³-hybridized carbons (Fsp3) is 0.385. The van der Waals surface area contributed by atoms with Crippen molar-refractivity contribution in [2.45, 2.75) is 19.9 Å². The zero-order chi connectivity index (χ0) is 14.5. The third-order valence-electron chi connectivity index (χ3n) is 2.85. The number of aromatic nitrogens is 4. The molecule has 0 aliphatic rings. The van der Waals surface area contributed by atoms with Gasteiger partial charge in [-0.05, 0) is 48.0 Å². The highest BCUT2D eigenvalue weighted by Gasteiger charge is 2.11. The molecule has 0 radical (unpaired) electrons. The van der Waals surface area contributed by atoms with E-state index < -0.39 is 0 Å². The van der Waals surface area contributed by atoms with E-state index in [-0.39, 0.29) is 11.9 Å². The van der Waals surface area contributed by atoms with Gasteiger partial charge < -0.3 is 10.1 Å². The Morgan fingerprint density at radius 1 is 1.50 bits per heavy atom. The molecule has 0 unspecified atom stereocenters. The zero-order valence-electron chi connectivity index (χ0n) is 11.7. The van der Waals surface area contributed by atoms with Crippen LogP contribution in [0, 0.1) is 6.92 Å². The van der Waals surface area contributed by atoms with Crippen LogP contribution in [0.3, 0.4) is 0 Å². The molecule has 1 heterocycles. The van der Waals surface area contributed by atoms with Gasteiger partial charge in [-0.2, -0.15) is 0 Å². The summed E-state index contributed by atoms with van der Waals surface area (Å²) in [7, 11) is 1.60. The standard InChI is InChI=1S/C13H17N5O2/c1-9-6-11(13(19)15-10(2)7-20-3)4-5-12(9)18-8-14-16-17-18/h4-6,8,10H,7H2,1-3H3,(H,15,19)/t10-/m1/s1. The summed E-state index contributed by atoms with van der Waals surface area (Å²) in [4.78, 5) is 12.1. The zero-order valence-corrected chi connectivity index (χ0v) is 11.7. The van der Waals surface area contributed by atoms with Crippen LogP contribution < -0.4 is 5.32 Å². The van der Waals surface area contributed by atoms with Gasteiger partial charge >= 0.3 is 0 Å². The molecule has 2 rings (SSSR count). The summed E-state index contributed by atoms with van der Waals surface area (Å²) in [6, 6.07) is 5.35. The summed E-state index contributed by atoms with van der Waals surface area (Å²) in [5.41, 5.74) is 2.36. The molecule has 1 amide bonds. The number of carbonyl (C=O) groups is 1. The Labute approximate surface area is 116 Å². The topological polar surface area (TPSA) is 81.9 Å². The van der Waals surface area contributed by atoms with Crippen LogP contribution in [0.4, 0.5) is 0 Å². The maximum Gasteiger partial charge on any atom is 0.251 e. The number of hydrogen-bond acceptors (Lipinski definition) is 5. The molecular formula is C13H17N5O2. The molecule has 2 aromatic rings. The van der Waals surface area contributed by atoms with Gasteiger partial charge in [-0.1, -0.05) is 0 Å². The van der Waals surface area contributed by atoms with E-state index in [1.54, 1.807) is 17.9 Å². The summed E-state index contributed by atoms with van der Waals surface area (Å²) in [6.07, 6.45) is 1.52. The number of hydrogen-bond donors (Lipinski definition) is 1. The molecule has 20 heavy (non-hydrogen) atoms. The Morgan fingerprint density at radius 3 is 2.90 bits per heavy atom. The van der Waals surface area contributed by atoms with Crippen molar-refractivity contribution in [2.75, 3.05) is 13.7 Å².